The number of nitrogens with zero attached hydrogens (tertiary/aromatic N) is 1. The standard InChI is InChI=1S/C13H11ClFN3O2S/c1-7(21-13-16-5-4-11(19)18-13)12(20)17-10-3-2-8(15)6-9(10)14/h2-7H,1H3,(H,17,20)(H,16,18,19)/t7-/m1/s1. The molecule has 0 aliphatic carbocycles. The minimum Gasteiger partial charge on any atom is -0.324 e. The Morgan fingerprint density at radius 3 is 2.90 bits per heavy atom. The molecule has 0 unspecified atom stereocenters. The highest BCUT2D eigenvalue weighted by atomic mass is 35.5. The summed E-state index contributed by atoms with van der Waals surface area (Å²) in [5, 5.41) is 2.54. The quantitative estimate of drug-likeness (QED) is 0.669. The van der Waals surface area contributed by atoms with Crippen LogP contribution in [0.15, 0.2) is 40.4 Å². The maximum atomic E-state index is 12.9. The summed E-state index contributed by atoms with van der Waals surface area (Å²) < 4.78 is 12.9. The van der Waals surface area contributed by atoms with E-state index in [1.54, 1.807) is 6.92 Å². The van der Waals surface area contributed by atoms with Crippen LogP contribution in [0.3, 0.4) is 0 Å². The Kier molecular flexibility index (Phi) is 4.98. The number of halogens is 2. The second-order valence-electron chi connectivity index (χ2n) is 4.11. The lowest BCUT2D eigenvalue weighted by atomic mass is 10.3. The van der Waals surface area contributed by atoms with Gasteiger partial charge >= 0.3 is 0 Å². The van der Waals surface area contributed by atoms with E-state index in [0.29, 0.717) is 10.8 Å². The molecule has 1 heterocycles. The lowest BCUT2D eigenvalue weighted by Crippen LogP contribution is -2.23. The van der Waals surface area contributed by atoms with Crippen LogP contribution >= 0.6 is 23.4 Å². The summed E-state index contributed by atoms with van der Waals surface area (Å²) in [6.45, 7) is 1.66. The zero-order valence-electron chi connectivity index (χ0n) is 10.9. The predicted octanol–water partition coefficient (Wildman–Crippen LogP) is 2.68. The largest absolute Gasteiger partial charge is 0.324 e. The van der Waals surface area contributed by atoms with Crippen LogP contribution < -0.4 is 10.9 Å². The number of amides is 1. The maximum absolute atomic E-state index is 12.9. The Balaban J connectivity index is 2.04. The van der Waals surface area contributed by atoms with Crippen molar-refractivity contribution in [2.24, 2.45) is 0 Å². The lowest BCUT2D eigenvalue weighted by molar-refractivity contribution is -0.115. The normalized spacial score (nSPS) is 12.0. The Hall–Kier alpha value is -1.86. The van der Waals surface area contributed by atoms with E-state index in [9.17, 15) is 14.0 Å². The van der Waals surface area contributed by atoms with Crippen molar-refractivity contribution >= 4 is 35.0 Å². The van der Waals surface area contributed by atoms with Gasteiger partial charge in [0.2, 0.25) is 5.91 Å². The van der Waals surface area contributed by atoms with Crippen LogP contribution in [0, 0.1) is 5.82 Å². The van der Waals surface area contributed by atoms with E-state index in [2.05, 4.69) is 15.3 Å². The molecule has 2 aromatic rings. The Morgan fingerprint density at radius 2 is 2.24 bits per heavy atom. The average Bonchev–Trinajstić information content (AvgIpc) is 2.41. The summed E-state index contributed by atoms with van der Waals surface area (Å²) in [4.78, 5) is 29.6. The maximum Gasteiger partial charge on any atom is 0.251 e. The number of carbonyl (C=O) groups excluding carboxylic acids is 1. The van der Waals surface area contributed by atoms with E-state index >= 15 is 0 Å². The fraction of sp³-hybridized carbons (Fsp3) is 0.154. The van der Waals surface area contributed by atoms with Crippen molar-refractivity contribution in [3.8, 4) is 0 Å². The molecule has 8 heteroatoms. The van der Waals surface area contributed by atoms with E-state index in [0.717, 1.165) is 17.8 Å². The Bertz CT molecular complexity index is 723. The van der Waals surface area contributed by atoms with Gasteiger partial charge in [-0.1, -0.05) is 23.4 Å². The van der Waals surface area contributed by atoms with Gasteiger partial charge in [0.05, 0.1) is 16.0 Å². The zero-order chi connectivity index (χ0) is 15.4. The first kappa shape index (κ1) is 15.5. The van der Waals surface area contributed by atoms with Crippen molar-refractivity contribution in [2.45, 2.75) is 17.3 Å². The van der Waals surface area contributed by atoms with E-state index in [4.69, 9.17) is 11.6 Å². The molecule has 1 aromatic carbocycles. The zero-order valence-corrected chi connectivity index (χ0v) is 12.5. The summed E-state index contributed by atoms with van der Waals surface area (Å²) >= 11 is 6.94. The highest BCUT2D eigenvalue weighted by Crippen LogP contribution is 2.24. The molecule has 0 aliphatic heterocycles. The molecule has 0 radical (unpaired) electrons. The van der Waals surface area contributed by atoms with Gasteiger partial charge in [0, 0.05) is 12.3 Å². The summed E-state index contributed by atoms with van der Waals surface area (Å²) in [7, 11) is 0. The van der Waals surface area contributed by atoms with Gasteiger partial charge in [0.25, 0.3) is 5.56 Å². The van der Waals surface area contributed by atoms with Crippen molar-refractivity contribution in [3.63, 3.8) is 0 Å². The third-order valence-electron chi connectivity index (χ3n) is 2.49. The lowest BCUT2D eigenvalue weighted by Gasteiger charge is -2.12. The van der Waals surface area contributed by atoms with Crippen LogP contribution in [0.4, 0.5) is 10.1 Å². The van der Waals surface area contributed by atoms with Gasteiger partial charge in [-0.25, -0.2) is 9.37 Å². The first-order valence-corrected chi connectivity index (χ1v) is 7.19. The number of rotatable bonds is 4. The molecule has 0 aliphatic rings. The van der Waals surface area contributed by atoms with Crippen LogP contribution in [-0.4, -0.2) is 21.1 Å². The molecular formula is C13H11ClFN3O2S. The summed E-state index contributed by atoms with van der Waals surface area (Å²) in [5.74, 6) is -0.813. The molecular weight excluding hydrogens is 317 g/mol. The number of anilines is 1. The molecule has 2 rings (SSSR count). The Labute approximate surface area is 128 Å². The van der Waals surface area contributed by atoms with Gasteiger partial charge in [-0.15, -0.1) is 0 Å². The molecule has 0 spiro atoms. The topological polar surface area (TPSA) is 74.8 Å². The number of carbonyl (C=O) groups is 1. The minimum atomic E-state index is -0.517. The third kappa shape index (κ3) is 4.30. The van der Waals surface area contributed by atoms with Crippen molar-refractivity contribution in [3.05, 3.63) is 51.7 Å². The second-order valence-corrected chi connectivity index (χ2v) is 5.85. The monoisotopic (exact) mass is 327 g/mol. The first-order valence-electron chi connectivity index (χ1n) is 5.93. The fourth-order valence-electron chi connectivity index (χ4n) is 1.46. The van der Waals surface area contributed by atoms with Crippen molar-refractivity contribution < 1.29 is 9.18 Å². The van der Waals surface area contributed by atoms with Gasteiger partial charge in [0.15, 0.2) is 5.16 Å². The van der Waals surface area contributed by atoms with Crippen LogP contribution in [0.5, 0.6) is 0 Å². The SMILES string of the molecule is C[C@@H](Sc1nccc(=O)[nH]1)C(=O)Nc1ccc(F)cc1Cl. The minimum absolute atomic E-state index is 0.117. The summed E-state index contributed by atoms with van der Waals surface area (Å²) in [6.07, 6.45) is 1.36. The number of nitrogens with one attached hydrogen (secondary N) is 2. The predicted molar refractivity (Wildman–Crippen MR) is 80.2 cm³/mol. The number of hydrogen-bond donors (Lipinski definition) is 2. The van der Waals surface area contributed by atoms with Crippen molar-refractivity contribution in [2.75, 3.05) is 5.32 Å². The molecule has 0 saturated heterocycles. The second kappa shape index (κ2) is 6.73. The van der Waals surface area contributed by atoms with Gasteiger partial charge in [0.1, 0.15) is 5.82 Å². The van der Waals surface area contributed by atoms with Crippen molar-refractivity contribution in [1.82, 2.24) is 9.97 Å². The number of aromatic nitrogens is 2. The summed E-state index contributed by atoms with van der Waals surface area (Å²) in [5.41, 5.74) is 0.0340. The fourth-order valence-corrected chi connectivity index (χ4v) is 2.45. The highest BCUT2D eigenvalue weighted by Gasteiger charge is 2.17. The van der Waals surface area contributed by atoms with Gasteiger partial charge in [-0.3, -0.25) is 9.59 Å². The van der Waals surface area contributed by atoms with Crippen LogP contribution in [0.2, 0.25) is 5.02 Å². The smallest absolute Gasteiger partial charge is 0.251 e. The number of hydrogen-bond acceptors (Lipinski definition) is 4. The van der Waals surface area contributed by atoms with Gasteiger partial charge in [-0.2, -0.15) is 0 Å². The molecule has 5 nitrogen and oxygen atoms in total. The third-order valence-corrected chi connectivity index (χ3v) is 3.81. The highest BCUT2D eigenvalue weighted by molar-refractivity contribution is 8.00. The molecule has 0 saturated carbocycles. The molecule has 0 bridgehead atoms. The molecule has 1 amide bonds. The van der Waals surface area contributed by atoms with E-state index in [-0.39, 0.29) is 16.5 Å². The number of H-pyrrole nitrogens is 1. The number of aromatic amines is 1. The molecule has 1 atom stereocenters. The molecule has 21 heavy (non-hydrogen) atoms. The molecule has 110 valence electrons. The van der Waals surface area contributed by atoms with Crippen LogP contribution in [0.25, 0.3) is 0 Å². The molecule has 0 fully saturated rings. The van der Waals surface area contributed by atoms with E-state index in [1.165, 1.54) is 24.4 Å². The van der Waals surface area contributed by atoms with Crippen LogP contribution in [0.1, 0.15) is 6.92 Å². The molecule has 2 N–H and O–H groups in total. The number of thioether (sulfide) groups is 1. The van der Waals surface area contributed by atoms with E-state index < -0.39 is 11.1 Å². The average molecular weight is 328 g/mol. The molecule has 1 aromatic heterocycles. The van der Waals surface area contributed by atoms with Crippen LogP contribution in [-0.2, 0) is 4.79 Å². The van der Waals surface area contributed by atoms with E-state index in [1.807, 2.05) is 0 Å². The van der Waals surface area contributed by atoms with Gasteiger partial charge < -0.3 is 10.3 Å². The first-order chi connectivity index (χ1) is 9.95. The Morgan fingerprint density at radius 1 is 1.48 bits per heavy atom. The summed E-state index contributed by atoms with van der Waals surface area (Å²) in [6, 6.07) is 4.99. The van der Waals surface area contributed by atoms with Gasteiger partial charge in [-0.05, 0) is 25.1 Å². The van der Waals surface area contributed by atoms with Crippen molar-refractivity contribution in [1.29, 1.82) is 0 Å². The number of benzene rings is 1.